The Kier molecular flexibility index (Phi) is 3.11. The number of nitro groups is 1. The van der Waals surface area contributed by atoms with Gasteiger partial charge < -0.3 is 4.98 Å². The number of benzene rings is 1. The smallest absolute Gasteiger partial charge is 0.270 e. The number of hydrogen-bond acceptors (Lipinski definition) is 5. The Balaban J connectivity index is 2.13. The van der Waals surface area contributed by atoms with Crippen LogP contribution in [0.5, 0.6) is 0 Å². The van der Waals surface area contributed by atoms with E-state index in [4.69, 9.17) is 11.6 Å². The maximum atomic E-state index is 12.5. The molecule has 7 nitrogen and oxygen atoms in total. The Labute approximate surface area is 122 Å². The van der Waals surface area contributed by atoms with Gasteiger partial charge >= 0.3 is 0 Å². The van der Waals surface area contributed by atoms with Crippen molar-refractivity contribution >= 4 is 34.1 Å². The predicted molar refractivity (Wildman–Crippen MR) is 75.4 cm³/mol. The van der Waals surface area contributed by atoms with E-state index in [0.29, 0.717) is 11.0 Å². The molecule has 0 bridgehead atoms. The summed E-state index contributed by atoms with van der Waals surface area (Å²) in [6.45, 7) is 0. The van der Waals surface area contributed by atoms with Crippen molar-refractivity contribution in [3.8, 4) is 0 Å². The molecule has 0 aliphatic rings. The van der Waals surface area contributed by atoms with Gasteiger partial charge in [-0.3, -0.25) is 14.9 Å². The van der Waals surface area contributed by atoms with Crippen LogP contribution in [0.3, 0.4) is 0 Å². The second-order valence-electron chi connectivity index (χ2n) is 4.23. The SMILES string of the molecule is O=C(c1cccc([N+](=O)[O-])c1)c1c[nH]c2ncnc(Cl)c12. The highest BCUT2D eigenvalue weighted by molar-refractivity contribution is 6.36. The molecular weight excluding hydrogens is 296 g/mol. The van der Waals surface area contributed by atoms with Crippen LogP contribution < -0.4 is 0 Å². The summed E-state index contributed by atoms with van der Waals surface area (Å²) in [7, 11) is 0. The number of nitrogens with one attached hydrogen (secondary N) is 1. The largest absolute Gasteiger partial charge is 0.345 e. The number of ketones is 1. The molecule has 0 radical (unpaired) electrons. The number of nitro benzene ring substituents is 1. The van der Waals surface area contributed by atoms with Gasteiger partial charge in [0.05, 0.1) is 15.9 Å². The maximum Gasteiger partial charge on any atom is 0.270 e. The number of nitrogens with zero attached hydrogens (tertiary/aromatic N) is 3. The molecule has 21 heavy (non-hydrogen) atoms. The van der Waals surface area contributed by atoms with Crippen LogP contribution in [-0.2, 0) is 0 Å². The first kappa shape index (κ1) is 13.2. The zero-order valence-corrected chi connectivity index (χ0v) is 11.2. The number of rotatable bonds is 3. The summed E-state index contributed by atoms with van der Waals surface area (Å²) in [6.07, 6.45) is 2.75. The van der Waals surface area contributed by atoms with Crippen LogP contribution in [0.4, 0.5) is 5.69 Å². The molecule has 104 valence electrons. The highest BCUT2D eigenvalue weighted by atomic mass is 35.5. The quantitative estimate of drug-likeness (QED) is 0.347. The number of aromatic amines is 1. The van der Waals surface area contributed by atoms with Crippen molar-refractivity contribution in [2.75, 3.05) is 0 Å². The number of carbonyl (C=O) groups excluding carboxylic acids is 1. The van der Waals surface area contributed by atoms with E-state index in [1.54, 1.807) is 0 Å². The molecular formula is C13H7ClN4O3. The molecule has 2 heterocycles. The van der Waals surface area contributed by atoms with E-state index < -0.39 is 4.92 Å². The van der Waals surface area contributed by atoms with Gasteiger partial charge in [0.2, 0.25) is 0 Å². The third-order valence-electron chi connectivity index (χ3n) is 2.99. The van der Waals surface area contributed by atoms with E-state index in [9.17, 15) is 14.9 Å². The lowest BCUT2D eigenvalue weighted by atomic mass is 10.0. The molecule has 0 aliphatic heterocycles. The first-order valence-electron chi connectivity index (χ1n) is 5.84. The van der Waals surface area contributed by atoms with E-state index in [1.807, 2.05) is 0 Å². The van der Waals surface area contributed by atoms with Gasteiger partial charge in [0.1, 0.15) is 17.1 Å². The highest BCUT2D eigenvalue weighted by Crippen LogP contribution is 2.26. The molecule has 1 N–H and O–H groups in total. The molecule has 0 saturated heterocycles. The topological polar surface area (TPSA) is 102 Å². The number of non-ortho nitro benzene ring substituents is 1. The second-order valence-corrected chi connectivity index (χ2v) is 4.59. The van der Waals surface area contributed by atoms with Gasteiger partial charge in [-0.05, 0) is 0 Å². The Hall–Kier alpha value is -2.80. The van der Waals surface area contributed by atoms with Crippen molar-refractivity contribution in [2.45, 2.75) is 0 Å². The van der Waals surface area contributed by atoms with Crippen LogP contribution in [0.15, 0.2) is 36.8 Å². The van der Waals surface area contributed by atoms with E-state index in [-0.39, 0.29) is 27.8 Å². The number of aromatic nitrogens is 3. The minimum Gasteiger partial charge on any atom is -0.345 e. The number of fused-ring (bicyclic) bond motifs is 1. The zero-order chi connectivity index (χ0) is 15.0. The van der Waals surface area contributed by atoms with Crippen molar-refractivity contribution in [2.24, 2.45) is 0 Å². The Morgan fingerprint density at radius 2 is 2.14 bits per heavy atom. The summed E-state index contributed by atoms with van der Waals surface area (Å²) in [4.78, 5) is 33.3. The average molecular weight is 303 g/mol. The van der Waals surface area contributed by atoms with Crippen LogP contribution in [0.25, 0.3) is 11.0 Å². The molecule has 3 rings (SSSR count). The fraction of sp³-hybridized carbons (Fsp3) is 0. The number of H-pyrrole nitrogens is 1. The molecule has 0 amide bonds. The Morgan fingerprint density at radius 1 is 1.33 bits per heavy atom. The molecule has 8 heteroatoms. The van der Waals surface area contributed by atoms with Crippen LogP contribution >= 0.6 is 11.6 Å². The summed E-state index contributed by atoms with van der Waals surface area (Å²) in [5.74, 6) is -0.387. The van der Waals surface area contributed by atoms with Gasteiger partial charge in [0.15, 0.2) is 5.78 Å². The van der Waals surface area contributed by atoms with Crippen molar-refractivity contribution in [1.29, 1.82) is 0 Å². The van der Waals surface area contributed by atoms with Crippen molar-refractivity contribution < 1.29 is 9.72 Å². The molecule has 2 aromatic heterocycles. The van der Waals surface area contributed by atoms with Gasteiger partial charge in [-0.2, -0.15) is 0 Å². The molecule has 0 saturated carbocycles. The predicted octanol–water partition coefficient (Wildman–Crippen LogP) is 2.75. The summed E-state index contributed by atoms with van der Waals surface area (Å²) >= 11 is 5.99. The standard InChI is InChI=1S/C13H7ClN4O3/c14-12-10-9(5-15-13(10)17-6-16-12)11(19)7-2-1-3-8(4-7)18(20)21/h1-6H,(H,15,16,17). The fourth-order valence-electron chi connectivity index (χ4n) is 2.02. The molecule has 0 spiro atoms. The lowest BCUT2D eigenvalue weighted by Gasteiger charge is -2.00. The lowest BCUT2D eigenvalue weighted by Crippen LogP contribution is -2.02. The molecule has 0 aliphatic carbocycles. The van der Waals surface area contributed by atoms with Crippen molar-refractivity contribution in [1.82, 2.24) is 15.0 Å². The van der Waals surface area contributed by atoms with Gasteiger partial charge in [-0.15, -0.1) is 0 Å². The van der Waals surface area contributed by atoms with Gasteiger partial charge in [0.25, 0.3) is 5.69 Å². The van der Waals surface area contributed by atoms with Crippen LogP contribution in [0.1, 0.15) is 15.9 Å². The van der Waals surface area contributed by atoms with Crippen molar-refractivity contribution in [3.63, 3.8) is 0 Å². The summed E-state index contributed by atoms with van der Waals surface area (Å²) < 4.78 is 0. The maximum absolute atomic E-state index is 12.5. The number of halogens is 1. The molecule has 0 fully saturated rings. The minimum absolute atomic E-state index is 0.148. The van der Waals surface area contributed by atoms with E-state index in [0.717, 1.165) is 0 Å². The molecule has 1 aromatic carbocycles. The van der Waals surface area contributed by atoms with Crippen LogP contribution in [0, 0.1) is 10.1 Å². The van der Waals surface area contributed by atoms with E-state index in [1.165, 1.54) is 36.8 Å². The Bertz CT molecular complexity index is 875. The third kappa shape index (κ3) is 2.23. The van der Waals surface area contributed by atoms with E-state index in [2.05, 4.69) is 15.0 Å². The van der Waals surface area contributed by atoms with Gasteiger partial charge in [-0.25, -0.2) is 9.97 Å². The first-order valence-corrected chi connectivity index (χ1v) is 6.22. The lowest BCUT2D eigenvalue weighted by molar-refractivity contribution is -0.384. The monoisotopic (exact) mass is 302 g/mol. The summed E-state index contributed by atoms with van der Waals surface area (Å²) in [5, 5.41) is 11.3. The Morgan fingerprint density at radius 3 is 2.90 bits per heavy atom. The second kappa shape index (κ2) is 4.95. The van der Waals surface area contributed by atoms with Gasteiger partial charge in [-0.1, -0.05) is 23.7 Å². The summed E-state index contributed by atoms with van der Waals surface area (Å²) in [5.41, 5.74) is 0.757. The normalized spacial score (nSPS) is 10.7. The fourth-order valence-corrected chi connectivity index (χ4v) is 2.26. The van der Waals surface area contributed by atoms with Crippen LogP contribution in [-0.4, -0.2) is 25.7 Å². The van der Waals surface area contributed by atoms with E-state index >= 15 is 0 Å². The number of carbonyl (C=O) groups is 1. The summed E-state index contributed by atoms with van der Waals surface area (Å²) in [6, 6.07) is 5.51. The number of hydrogen-bond donors (Lipinski definition) is 1. The van der Waals surface area contributed by atoms with Gasteiger partial charge in [0, 0.05) is 23.9 Å². The third-order valence-corrected chi connectivity index (χ3v) is 3.27. The molecule has 0 unspecified atom stereocenters. The highest BCUT2D eigenvalue weighted by Gasteiger charge is 2.19. The average Bonchev–Trinajstić information content (AvgIpc) is 2.92. The molecule has 0 atom stereocenters. The first-order chi connectivity index (χ1) is 10.1. The van der Waals surface area contributed by atoms with Crippen molar-refractivity contribution in [3.05, 3.63) is 63.2 Å². The van der Waals surface area contributed by atoms with Crippen LogP contribution in [0.2, 0.25) is 5.15 Å². The minimum atomic E-state index is -0.553. The molecule has 3 aromatic rings. The zero-order valence-electron chi connectivity index (χ0n) is 10.4.